The van der Waals surface area contributed by atoms with Crippen molar-refractivity contribution in [2.75, 3.05) is 20.2 Å². The predicted octanol–water partition coefficient (Wildman–Crippen LogP) is 2.92. The van der Waals surface area contributed by atoms with E-state index in [0.717, 1.165) is 25.9 Å². The molecule has 1 aromatic rings. The Kier molecular flexibility index (Phi) is 6.60. The number of nitrogens with zero attached hydrogens (tertiary/aromatic N) is 2. The third-order valence-electron chi connectivity index (χ3n) is 4.87. The molecule has 0 N–H and O–H groups in total. The Balaban J connectivity index is 1.89. The van der Waals surface area contributed by atoms with Gasteiger partial charge in [0.05, 0.1) is 0 Å². The van der Waals surface area contributed by atoms with E-state index in [1.54, 1.807) is 0 Å². The average molecular weight is 318 g/mol. The Morgan fingerprint density at radius 1 is 1.39 bits per heavy atom. The summed E-state index contributed by atoms with van der Waals surface area (Å²) >= 11 is 0. The number of hydrogen-bond acceptors (Lipinski definition) is 3. The summed E-state index contributed by atoms with van der Waals surface area (Å²) in [6.07, 6.45) is 1.70. The highest BCUT2D eigenvalue weighted by Crippen LogP contribution is 2.23. The molecule has 23 heavy (non-hydrogen) atoms. The van der Waals surface area contributed by atoms with E-state index in [2.05, 4.69) is 42.2 Å². The highest BCUT2D eigenvalue weighted by atomic mass is 16.5. The maximum absolute atomic E-state index is 12.4. The number of benzene rings is 1. The van der Waals surface area contributed by atoms with E-state index in [1.165, 1.54) is 5.56 Å². The first kappa shape index (κ1) is 18.0. The van der Waals surface area contributed by atoms with Gasteiger partial charge in [-0.2, -0.15) is 0 Å². The van der Waals surface area contributed by atoms with Crippen LogP contribution in [0.4, 0.5) is 0 Å². The minimum absolute atomic E-state index is 0.0977. The molecule has 128 valence electrons. The number of hydrogen-bond donors (Lipinski definition) is 0. The van der Waals surface area contributed by atoms with Crippen LogP contribution in [0.2, 0.25) is 0 Å². The van der Waals surface area contributed by atoms with Crippen LogP contribution in [0, 0.1) is 0 Å². The van der Waals surface area contributed by atoms with Gasteiger partial charge in [-0.25, -0.2) is 0 Å². The lowest BCUT2D eigenvalue weighted by atomic mass is 9.96. The maximum atomic E-state index is 12.4. The molecule has 0 aliphatic carbocycles. The van der Waals surface area contributed by atoms with E-state index >= 15 is 0 Å². The van der Waals surface area contributed by atoms with Crippen LogP contribution in [0.5, 0.6) is 0 Å². The van der Waals surface area contributed by atoms with Crippen LogP contribution in [-0.2, 0) is 16.1 Å². The molecule has 0 aromatic heterocycles. The minimum Gasteiger partial charge on any atom is -0.369 e. The van der Waals surface area contributed by atoms with Gasteiger partial charge in [0.15, 0.2) is 0 Å². The predicted molar refractivity (Wildman–Crippen MR) is 93.2 cm³/mol. The first-order valence-electron chi connectivity index (χ1n) is 8.69. The zero-order valence-corrected chi connectivity index (χ0v) is 14.9. The van der Waals surface area contributed by atoms with Crippen molar-refractivity contribution in [3.05, 3.63) is 35.9 Å². The summed E-state index contributed by atoms with van der Waals surface area (Å²) in [6.45, 7) is 8.62. The molecule has 3 atom stereocenters. The third-order valence-corrected chi connectivity index (χ3v) is 4.87. The van der Waals surface area contributed by atoms with Gasteiger partial charge in [0.25, 0.3) is 5.91 Å². The molecule has 1 aromatic carbocycles. The molecular formula is C19H30N2O2. The topological polar surface area (TPSA) is 32.8 Å². The van der Waals surface area contributed by atoms with E-state index in [1.807, 2.05) is 25.8 Å². The zero-order chi connectivity index (χ0) is 16.8. The summed E-state index contributed by atoms with van der Waals surface area (Å²) in [7, 11) is 1.92. The summed E-state index contributed by atoms with van der Waals surface area (Å²) in [5.74, 6) is 0.0977. The molecule has 1 aliphatic rings. The van der Waals surface area contributed by atoms with Crippen LogP contribution in [0.15, 0.2) is 30.3 Å². The molecule has 1 saturated heterocycles. The van der Waals surface area contributed by atoms with Crippen molar-refractivity contribution >= 4 is 5.91 Å². The van der Waals surface area contributed by atoms with Gasteiger partial charge < -0.3 is 9.64 Å². The molecule has 1 amide bonds. The first-order valence-corrected chi connectivity index (χ1v) is 8.69. The molecule has 4 heteroatoms. The molecule has 1 fully saturated rings. The van der Waals surface area contributed by atoms with Crippen molar-refractivity contribution in [2.45, 2.75) is 58.3 Å². The van der Waals surface area contributed by atoms with Gasteiger partial charge in [-0.15, -0.1) is 0 Å². The van der Waals surface area contributed by atoms with Crippen LogP contribution >= 0.6 is 0 Å². The van der Waals surface area contributed by atoms with Gasteiger partial charge in [-0.3, -0.25) is 9.69 Å². The van der Waals surface area contributed by atoms with Crippen molar-refractivity contribution < 1.29 is 9.53 Å². The highest BCUT2D eigenvalue weighted by molar-refractivity contribution is 5.80. The fourth-order valence-electron chi connectivity index (χ4n) is 3.39. The Hall–Kier alpha value is -1.39. The van der Waals surface area contributed by atoms with Crippen LogP contribution in [-0.4, -0.2) is 54.1 Å². The number of piperidine rings is 1. The third kappa shape index (κ3) is 4.79. The molecule has 2 rings (SSSR count). The molecule has 4 nitrogen and oxygen atoms in total. The summed E-state index contributed by atoms with van der Waals surface area (Å²) in [6, 6.07) is 11.4. The minimum atomic E-state index is -0.345. The second kappa shape index (κ2) is 8.46. The van der Waals surface area contributed by atoms with E-state index in [-0.39, 0.29) is 12.0 Å². The Morgan fingerprint density at radius 2 is 2.09 bits per heavy atom. The van der Waals surface area contributed by atoms with Gasteiger partial charge in [0.2, 0.25) is 0 Å². The van der Waals surface area contributed by atoms with Gasteiger partial charge >= 0.3 is 0 Å². The number of carbonyl (C=O) groups excluding carboxylic acids is 1. The molecule has 0 bridgehead atoms. The van der Waals surface area contributed by atoms with E-state index < -0.39 is 0 Å². The summed E-state index contributed by atoms with van der Waals surface area (Å²) in [5.41, 5.74) is 1.35. The Labute approximate surface area is 140 Å². The van der Waals surface area contributed by atoms with Crippen molar-refractivity contribution in [2.24, 2.45) is 0 Å². The molecule has 1 aliphatic heterocycles. The lowest BCUT2D eigenvalue weighted by molar-refractivity contribution is -0.144. The summed E-state index contributed by atoms with van der Waals surface area (Å²) in [5, 5.41) is 0. The van der Waals surface area contributed by atoms with Crippen LogP contribution in [0.3, 0.4) is 0 Å². The highest BCUT2D eigenvalue weighted by Gasteiger charge is 2.31. The zero-order valence-electron chi connectivity index (χ0n) is 14.9. The normalized spacial score (nSPS) is 23.5. The number of ether oxygens (including phenoxy) is 1. The smallest absolute Gasteiger partial charge is 0.251 e. The fourth-order valence-corrected chi connectivity index (χ4v) is 3.39. The van der Waals surface area contributed by atoms with E-state index in [4.69, 9.17) is 4.74 Å². The fraction of sp³-hybridized carbons (Fsp3) is 0.632. The second-order valence-corrected chi connectivity index (χ2v) is 6.53. The van der Waals surface area contributed by atoms with Crippen LogP contribution in [0.25, 0.3) is 0 Å². The standard InChI is InChI=1S/C19H30N2O2/c1-5-23-16(3)19(22)20(4)18-11-12-21(15(2)13-18)14-17-9-7-6-8-10-17/h6-10,15-16,18H,5,11-14H2,1-4H3/t15-,16+,18+/m1/s1. The Bertz CT molecular complexity index is 491. The monoisotopic (exact) mass is 318 g/mol. The lowest BCUT2D eigenvalue weighted by Crippen LogP contribution is -2.51. The molecular weight excluding hydrogens is 288 g/mol. The maximum Gasteiger partial charge on any atom is 0.251 e. The number of amides is 1. The van der Waals surface area contributed by atoms with Crippen LogP contribution < -0.4 is 0 Å². The van der Waals surface area contributed by atoms with E-state index in [0.29, 0.717) is 18.7 Å². The molecule has 0 spiro atoms. The molecule has 0 saturated carbocycles. The van der Waals surface area contributed by atoms with E-state index in [9.17, 15) is 4.79 Å². The molecule has 0 unspecified atom stereocenters. The quantitative estimate of drug-likeness (QED) is 0.808. The first-order chi connectivity index (χ1) is 11.0. The van der Waals surface area contributed by atoms with Crippen molar-refractivity contribution in [3.63, 3.8) is 0 Å². The SMILES string of the molecule is CCO[C@@H](C)C(=O)N(C)[C@H]1CCN(Cc2ccccc2)[C@H](C)C1. The number of rotatable bonds is 6. The summed E-state index contributed by atoms with van der Waals surface area (Å²) < 4.78 is 5.44. The van der Waals surface area contributed by atoms with Crippen LogP contribution in [0.1, 0.15) is 39.2 Å². The Morgan fingerprint density at radius 3 is 2.70 bits per heavy atom. The molecule has 0 radical (unpaired) electrons. The number of likely N-dealkylation sites (tertiary alicyclic amines) is 1. The number of carbonyl (C=O) groups is 1. The van der Waals surface area contributed by atoms with Gasteiger partial charge in [-0.05, 0) is 39.2 Å². The van der Waals surface area contributed by atoms with Gasteiger partial charge in [0, 0.05) is 38.8 Å². The van der Waals surface area contributed by atoms with Crippen molar-refractivity contribution in [1.82, 2.24) is 9.80 Å². The average Bonchev–Trinajstić information content (AvgIpc) is 2.56. The van der Waals surface area contributed by atoms with Gasteiger partial charge in [-0.1, -0.05) is 30.3 Å². The second-order valence-electron chi connectivity index (χ2n) is 6.53. The van der Waals surface area contributed by atoms with Gasteiger partial charge in [0.1, 0.15) is 6.10 Å². The summed E-state index contributed by atoms with van der Waals surface area (Å²) in [4.78, 5) is 16.8. The number of likely N-dealkylation sites (N-methyl/N-ethyl adjacent to an activating group) is 1. The molecule has 1 heterocycles. The lowest BCUT2D eigenvalue weighted by Gasteiger charge is -2.41. The van der Waals surface area contributed by atoms with Crippen molar-refractivity contribution in [3.8, 4) is 0 Å². The largest absolute Gasteiger partial charge is 0.369 e. The van der Waals surface area contributed by atoms with Crippen molar-refractivity contribution in [1.29, 1.82) is 0 Å².